The number of rotatable bonds is 5. The topological polar surface area (TPSA) is 61.0 Å². The van der Waals surface area contributed by atoms with Gasteiger partial charge in [-0.25, -0.2) is 9.97 Å². The van der Waals surface area contributed by atoms with Crippen molar-refractivity contribution < 1.29 is 4.74 Å². The molecule has 0 aliphatic heterocycles. The van der Waals surface area contributed by atoms with Crippen LogP contribution in [0.25, 0.3) is 10.2 Å². The smallest absolute Gasteiger partial charge is 0.225 e. The first-order valence-corrected chi connectivity index (χ1v) is 8.19. The van der Waals surface area contributed by atoms with Crippen LogP contribution in [0.5, 0.6) is 5.88 Å². The standard InChI is InChI=1S/C15H21N3OS/c1-2-12-6-13-14(17-9-18-15(13)20-12)19-8-11-5-3-4-10(11)7-16/h6,9-11H,2-5,7-8,16H2,1H3. The Morgan fingerprint density at radius 1 is 1.35 bits per heavy atom. The third kappa shape index (κ3) is 2.65. The van der Waals surface area contributed by atoms with Crippen LogP contribution in [0.4, 0.5) is 0 Å². The second kappa shape index (κ2) is 6.06. The van der Waals surface area contributed by atoms with Crippen molar-refractivity contribution in [3.8, 4) is 5.88 Å². The number of thiophene rings is 1. The van der Waals surface area contributed by atoms with Crippen LogP contribution in [0, 0.1) is 11.8 Å². The minimum absolute atomic E-state index is 0.578. The number of fused-ring (bicyclic) bond motifs is 1. The summed E-state index contributed by atoms with van der Waals surface area (Å²) in [5.74, 6) is 1.92. The lowest BCUT2D eigenvalue weighted by Crippen LogP contribution is -2.23. The van der Waals surface area contributed by atoms with E-state index >= 15 is 0 Å². The van der Waals surface area contributed by atoms with Crippen molar-refractivity contribution in [3.05, 3.63) is 17.3 Å². The van der Waals surface area contributed by atoms with Crippen LogP contribution < -0.4 is 10.5 Å². The zero-order valence-corrected chi connectivity index (χ0v) is 12.7. The average Bonchev–Trinajstić information content (AvgIpc) is 3.10. The Morgan fingerprint density at radius 3 is 3.00 bits per heavy atom. The third-order valence-corrected chi connectivity index (χ3v) is 5.43. The molecule has 5 heteroatoms. The number of aromatic nitrogens is 2. The van der Waals surface area contributed by atoms with Crippen molar-refractivity contribution in [2.75, 3.05) is 13.2 Å². The summed E-state index contributed by atoms with van der Waals surface area (Å²) in [6.07, 6.45) is 6.36. The molecule has 0 spiro atoms. The molecule has 0 bridgehead atoms. The fourth-order valence-corrected chi connectivity index (χ4v) is 3.93. The Labute approximate surface area is 123 Å². The highest BCUT2D eigenvalue weighted by atomic mass is 32.1. The van der Waals surface area contributed by atoms with Crippen molar-refractivity contribution in [2.24, 2.45) is 17.6 Å². The molecule has 3 rings (SSSR count). The first kappa shape index (κ1) is 13.8. The van der Waals surface area contributed by atoms with Crippen LogP contribution in [0.1, 0.15) is 31.1 Å². The number of hydrogen-bond donors (Lipinski definition) is 1. The van der Waals surface area contributed by atoms with E-state index in [1.165, 1.54) is 24.1 Å². The fourth-order valence-electron chi connectivity index (χ4n) is 3.00. The zero-order valence-electron chi connectivity index (χ0n) is 11.8. The lowest BCUT2D eigenvalue weighted by atomic mass is 9.97. The lowest BCUT2D eigenvalue weighted by molar-refractivity contribution is 0.212. The quantitative estimate of drug-likeness (QED) is 0.920. The Hall–Kier alpha value is -1.20. The lowest BCUT2D eigenvalue weighted by Gasteiger charge is -2.18. The largest absolute Gasteiger partial charge is 0.477 e. The molecule has 1 aliphatic rings. The van der Waals surface area contributed by atoms with Crippen LogP contribution in [0.2, 0.25) is 0 Å². The van der Waals surface area contributed by atoms with E-state index in [4.69, 9.17) is 10.5 Å². The van der Waals surface area contributed by atoms with Gasteiger partial charge in [-0.2, -0.15) is 0 Å². The first-order chi connectivity index (χ1) is 9.81. The number of ether oxygens (including phenoxy) is 1. The molecule has 1 saturated carbocycles. The molecule has 2 atom stereocenters. The number of nitrogens with two attached hydrogens (primary N) is 1. The normalized spacial score (nSPS) is 22.5. The second-order valence-corrected chi connectivity index (χ2v) is 6.58. The van der Waals surface area contributed by atoms with Gasteiger partial charge in [0.1, 0.15) is 11.2 Å². The van der Waals surface area contributed by atoms with Gasteiger partial charge >= 0.3 is 0 Å². The van der Waals surface area contributed by atoms with Gasteiger partial charge in [0.05, 0.1) is 12.0 Å². The maximum absolute atomic E-state index is 5.99. The van der Waals surface area contributed by atoms with Crippen molar-refractivity contribution in [3.63, 3.8) is 0 Å². The molecule has 0 aromatic carbocycles. The van der Waals surface area contributed by atoms with E-state index < -0.39 is 0 Å². The van der Waals surface area contributed by atoms with E-state index in [-0.39, 0.29) is 0 Å². The minimum Gasteiger partial charge on any atom is -0.477 e. The van der Waals surface area contributed by atoms with Gasteiger partial charge in [0.2, 0.25) is 5.88 Å². The van der Waals surface area contributed by atoms with Crippen LogP contribution >= 0.6 is 11.3 Å². The van der Waals surface area contributed by atoms with E-state index in [0.717, 1.165) is 35.7 Å². The summed E-state index contributed by atoms with van der Waals surface area (Å²) < 4.78 is 5.99. The van der Waals surface area contributed by atoms with Crippen molar-refractivity contribution in [1.82, 2.24) is 9.97 Å². The third-order valence-electron chi connectivity index (χ3n) is 4.25. The molecule has 0 radical (unpaired) electrons. The van der Waals surface area contributed by atoms with E-state index in [0.29, 0.717) is 11.8 Å². The van der Waals surface area contributed by atoms with Gasteiger partial charge < -0.3 is 10.5 Å². The summed E-state index contributed by atoms with van der Waals surface area (Å²) >= 11 is 1.72. The Bertz CT molecular complexity index is 584. The summed E-state index contributed by atoms with van der Waals surface area (Å²) in [7, 11) is 0. The van der Waals surface area contributed by atoms with Crippen LogP contribution in [-0.2, 0) is 6.42 Å². The minimum atomic E-state index is 0.578. The van der Waals surface area contributed by atoms with Crippen LogP contribution in [-0.4, -0.2) is 23.1 Å². The maximum Gasteiger partial charge on any atom is 0.225 e. The van der Waals surface area contributed by atoms with Gasteiger partial charge in [-0.05, 0) is 43.7 Å². The number of aryl methyl sites for hydroxylation is 1. The molecular weight excluding hydrogens is 270 g/mol. The van der Waals surface area contributed by atoms with Crippen LogP contribution in [0.15, 0.2) is 12.4 Å². The highest BCUT2D eigenvalue weighted by Crippen LogP contribution is 2.33. The molecule has 2 heterocycles. The molecule has 108 valence electrons. The molecule has 4 nitrogen and oxygen atoms in total. The molecule has 2 aromatic heterocycles. The van der Waals surface area contributed by atoms with Gasteiger partial charge in [0.25, 0.3) is 0 Å². The molecule has 1 aliphatic carbocycles. The van der Waals surface area contributed by atoms with Gasteiger partial charge in [0.15, 0.2) is 0 Å². The molecule has 20 heavy (non-hydrogen) atoms. The predicted molar refractivity (Wildman–Crippen MR) is 82.2 cm³/mol. The van der Waals surface area contributed by atoms with Gasteiger partial charge in [0, 0.05) is 4.88 Å². The SMILES string of the molecule is CCc1cc2c(OCC3CCCC3CN)ncnc2s1. The second-order valence-electron chi connectivity index (χ2n) is 5.46. The van der Waals surface area contributed by atoms with Gasteiger partial charge in [-0.15, -0.1) is 11.3 Å². The molecule has 2 aromatic rings. The van der Waals surface area contributed by atoms with Crippen molar-refractivity contribution >= 4 is 21.6 Å². The number of nitrogens with zero attached hydrogens (tertiary/aromatic N) is 2. The number of hydrogen-bond acceptors (Lipinski definition) is 5. The summed E-state index contributed by atoms with van der Waals surface area (Å²) in [5, 5.41) is 1.05. The maximum atomic E-state index is 5.99. The van der Waals surface area contributed by atoms with Crippen LogP contribution in [0.3, 0.4) is 0 Å². The van der Waals surface area contributed by atoms with Crippen molar-refractivity contribution in [1.29, 1.82) is 0 Å². The summed E-state index contributed by atoms with van der Waals surface area (Å²) in [6.45, 7) is 3.65. The highest BCUT2D eigenvalue weighted by Gasteiger charge is 2.26. The zero-order chi connectivity index (χ0) is 13.9. The summed E-state index contributed by atoms with van der Waals surface area (Å²) in [6, 6.07) is 2.16. The molecule has 2 N–H and O–H groups in total. The van der Waals surface area contributed by atoms with Gasteiger partial charge in [-0.1, -0.05) is 13.3 Å². The molecule has 2 unspecified atom stereocenters. The molecular formula is C15H21N3OS. The monoisotopic (exact) mass is 291 g/mol. The van der Waals surface area contributed by atoms with E-state index in [2.05, 4.69) is 23.0 Å². The summed E-state index contributed by atoms with van der Waals surface area (Å²) in [4.78, 5) is 11.0. The first-order valence-electron chi connectivity index (χ1n) is 7.38. The predicted octanol–water partition coefficient (Wildman–Crippen LogP) is 3.01. The van der Waals surface area contributed by atoms with Crippen molar-refractivity contribution in [2.45, 2.75) is 32.6 Å². The van der Waals surface area contributed by atoms with Gasteiger partial charge in [-0.3, -0.25) is 0 Å². The molecule has 1 fully saturated rings. The Kier molecular flexibility index (Phi) is 4.17. The fraction of sp³-hybridized carbons (Fsp3) is 0.600. The Balaban J connectivity index is 1.75. The molecule has 0 amide bonds. The highest BCUT2D eigenvalue weighted by molar-refractivity contribution is 7.18. The Morgan fingerprint density at radius 2 is 2.20 bits per heavy atom. The average molecular weight is 291 g/mol. The van der Waals surface area contributed by atoms with E-state index in [9.17, 15) is 0 Å². The van der Waals surface area contributed by atoms with E-state index in [1.54, 1.807) is 17.7 Å². The summed E-state index contributed by atoms with van der Waals surface area (Å²) in [5.41, 5.74) is 5.83. The van der Waals surface area contributed by atoms with E-state index in [1.807, 2.05) is 0 Å². The molecule has 0 saturated heterocycles.